The Balaban J connectivity index is 0.00000320. The lowest BCUT2D eigenvalue weighted by atomic mass is 10.1. The SMILES string of the molecule is Cl.[N-]=[N+]=Nc1c2occc2c(OCCCC(=O)NCCCCCCN)c2ccoc12. The number of hydrogen-bond acceptors (Lipinski definition) is 6. The van der Waals surface area contributed by atoms with E-state index in [1.807, 2.05) is 0 Å². The molecule has 162 valence electrons. The van der Waals surface area contributed by atoms with Gasteiger partial charge in [-0.2, -0.15) is 0 Å². The van der Waals surface area contributed by atoms with Gasteiger partial charge in [0.05, 0.1) is 29.9 Å². The molecule has 2 aromatic heterocycles. The van der Waals surface area contributed by atoms with Crippen LogP contribution in [0.25, 0.3) is 32.4 Å². The number of halogens is 1. The minimum atomic E-state index is 0. The first kappa shape index (κ1) is 23.4. The number of carbonyl (C=O) groups excluding carboxylic acids is 1. The third-order valence-corrected chi connectivity index (χ3v) is 4.64. The maximum Gasteiger partial charge on any atom is 0.220 e. The molecule has 10 heteroatoms. The number of ether oxygens (including phenoxy) is 1. The monoisotopic (exact) mass is 435 g/mol. The van der Waals surface area contributed by atoms with Crippen molar-refractivity contribution >= 4 is 45.9 Å². The number of amides is 1. The summed E-state index contributed by atoms with van der Waals surface area (Å²) in [5.41, 5.74) is 15.4. The molecule has 0 bridgehead atoms. The third kappa shape index (κ3) is 5.60. The summed E-state index contributed by atoms with van der Waals surface area (Å²) in [6, 6.07) is 3.51. The number of nitrogens with two attached hydrogens (primary N) is 1. The van der Waals surface area contributed by atoms with Crippen molar-refractivity contribution in [1.29, 1.82) is 0 Å². The van der Waals surface area contributed by atoms with Crippen molar-refractivity contribution in [2.45, 2.75) is 38.5 Å². The molecule has 3 aromatic rings. The van der Waals surface area contributed by atoms with Gasteiger partial charge in [-0.3, -0.25) is 4.79 Å². The molecule has 0 radical (unpaired) electrons. The molecule has 1 amide bonds. The molecule has 0 aliphatic carbocycles. The number of carbonyl (C=O) groups is 1. The van der Waals surface area contributed by atoms with Gasteiger partial charge in [0, 0.05) is 17.9 Å². The predicted octanol–water partition coefficient (Wildman–Crippen LogP) is 5.34. The number of nitrogens with one attached hydrogen (secondary N) is 1. The summed E-state index contributed by atoms with van der Waals surface area (Å²) < 4.78 is 16.9. The Kier molecular flexibility index (Phi) is 9.34. The quantitative estimate of drug-likeness (QED) is 0.171. The van der Waals surface area contributed by atoms with Crippen molar-refractivity contribution in [3.63, 3.8) is 0 Å². The molecule has 9 nitrogen and oxygen atoms in total. The fourth-order valence-corrected chi connectivity index (χ4v) is 3.23. The smallest absolute Gasteiger partial charge is 0.220 e. The summed E-state index contributed by atoms with van der Waals surface area (Å²) in [6.07, 6.45) is 8.16. The summed E-state index contributed by atoms with van der Waals surface area (Å²) in [5.74, 6) is 0.614. The molecule has 3 N–H and O–H groups in total. The predicted molar refractivity (Wildman–Crippen MR) is 117 cm³/mol. The highest BCUT2D eigenvalue weighted by Gasteiger charge is 2.19. The van der Waals surface area contributed by atoms with Gasteiger partial charge < -0.3 is 24.6 Å². The van der Waals surface area contributed by atoms with E-state index in [2.05, 4.69) is 15.3 Å². The number of azide groups is 1. The Labute approximate surface area is 179 Å². The van der Waals surface area contributed by atoms with Crippen LogP contribution in [-0.4, -0.2) is 25.6 Å². The van der Waals surface area contributed by atoms with E-state index in [1.165, 1.54) is 12.5 Å². The van der Waals surface area contributed by atoms with Crippen molar-refractivity contribution in [3.05, 3.63) is 35.1 Å². The van der Waals surface area contributed by atoms with E-state index in [-0.39, 0.29) is 18.3 Å². The first-order chi connectivity index (χ1) is 14.3. The number of furan rings is 2. The second kappa shape index (κ2) is 12.0. The standard InChI is InChI=1S/C20H25N5O4.ClH/c21-9-3-1-2-4-10-23-16(26)6-5-11-27-18-14-7-12-28-19(14)17(24-25-22)20-15(18)8-13-29-20;/h7-8,12-13H,1-6,9-11,21H2,(H,23,26);1H. The van der Waals surface area contributed by atoms with Crippen molar-refractivity contribution in [1.82, 2.24) is 5.32 Å². The fraction of sp³-hybridized carbons (Fsp3) is 0.450. The highest BCUT2D eigenvalue weighted by Crippen LogP contribution is 2.43. The van der Waals surface area contributed by atoms with Gasteiger partial charge in [0.2, 0.25) is 5.91 Å². The number of unbranched alkanes of at least 4 members (excludes halogenated alkanes) is 3. The van der Waals surface area contributed by atoms with Crippen molar-refractivity contribution in [2.24, 2.45) is 10.8 Å². The van der Waals surface area contributed by atoms with E-state index in [1.54, 1.807) is 12.1 Å². The number of fused-ring (bicyclic) bond motifs is 2. The molecule has 0 fully saturated rings. The number of rotatable bonds is 12. The van der Waals surface area contributed by atoms with Gasteiger partial charge in [-0.15, -0.1) is 12.4 Å². The molecule has 0 saturated heterocycles. The molecule has 1 aromatic carbocycles. The van der Waals surface area contributed by atoms with Crippen LogP contribution in [0.3, 0.4) is 0 Å². The Morgan fingerprint density at radius 3 is 2.40 bits per heavy atom. The van der Waals surface area contributed by atoms with Gasteiger partial charge in [-0.25, -0.2) is 0 Å². The Morgan fingerprint density at radius 1 is 1.10 bits per heavy atom. The second-order valence-corrected chi connectivity index (χ2v) is 6.70. The maximum atomic E-state index is 11.9. The number of hydrogen-bond donors (Lipinski definition) is 2. The molecule has 2 heterocycles. The highest BCUT2D eigenvalue weighted by molar-refractivity contribution is 6.10. The van der Waals surface area contributed by atoms with Gasteiger partial charge in [-0.05, 0) is 43.5 Å². The lowest BCUT2D eigenvalue weighted by Crippen LogP contribution is -2.24. The Bertz CT molecular complexity index is 958. The van der Waals surface area contributed by atoms with E-state index < -0.39 is 0 Å². The second-order valence-electron chi connectivity index (χ2n) is 6.70. The van der Waals surface area contributed by atoms with E-state index >= 15 is 0 Å². The molecule has 0 aliphatic rings. The first-order valence-electron chi connectivity index (χ1n) is 9.81. The maximum absolute atomic E-state index is 11.9. The van der Waals surface area contributed by atoms with Gasteiger partial charge in [-0.1, -0.05) is 18.0 Å². The number of nitrogens with zero attached hydrogens (tertiary/aromatic N) is 3. The molecule has 0 spiro atoms. The number of benzene rings is 1. The molecule has 0 saturated carbocycles. The average Bonchev–Trinajstić information content (AvgIpc) is 3.39. The average molecular weight is 436 g/mol. The zero-order valence-corrected chi connectivity index (χ0v) is 17.5. The van der Waals surface area contributed by atoms with Crippen LogP contribution in [-0.2, 0) is 4.79 Å². The summed E-state index contributed by atoms with van der Waals surface area (Å²) >= 11 is 0. The molecule has 0 unspecified atom stereocenters. The van der Waals surface area contributed by atoms with Crippen LogP contribution in [0.5, 0.6) is 5.75 Å². The summed E-state index contributed by atoms with van der Waals surface area (Å²) in [7, 11) is 0. The topological polar surface area (TPSA) is 139 Å². The first-order valence-corrected chi connectivity index (χ1v) is 9.81. The molecule has 30 heavy (non-hydrogen) atoms. The summed E-state index contributed by atoms with van der Waals surface area (Å²) in [5, 5.41) is 8.02. The van der Waals surface area contributed by atoms with E-state index in [0.717, 1.165) is 32.2 Å². The largest absolute Gasteiger partial charge is 0.492 e. The fourth-order valence-electron chi connectivity index (χ4n) is 3.23. The zero-order valence-electron chi connectivity index (χ0n) is 16.6. The minimum absolute atomic E-state index is 0. The Hall–Kier alpha value is -2.87. The van der Waals surface area contributed by atoms with Crippen LogP contribution in [0.15, 0.2) is 38.6 Å². The zero-order chi connectivity index (χ0) is 20.5. The lowest BCUT2D eigenvalue weighted by Gasteiger charge is -2.10. The molecule has 3 rings (SSSR count). The third-order valence-electron chi connectivity index (χ3n) is 4.64. The van der Waals surface area contributed by atoms with Crippen LogP contribution in [0, 0.1) is 0 Å². The molecule has 0 atom stereocenters. The van der Waals surface area contributed by atoms with Crippen LogP contribution < -0.4 is 15.8 Å². The van der Waals surface area contributed by atoms with Crippen LogP contribution in [0.1, 0.15) is 38.5 Å². The normalized spacial score (nSPS) is 10.6. The molecular formula is C20H26ClN5O4. The van der Waals surface area contributed by atoms with Crippen molar-refractivity contribution in [3.8, 4) is 5.75 Å². The van der Waals surface area contributed by atoms with E-state index in [4.69, 9.17) is 24.8 Å². The van der Waals surface area contributed by atoms with E-state index in [9.17, 15) is 4.79 Å². The molecular weight excluding hydrogens is 410 g/mol. The molecule has 0 aliphatic heterocycles. The van der Waals surface area contributed by atoms with Gasteiger partial charge in [0.25, 0.3) is 0 Å². The van der Waals surface area contributed by atoms with Crippen molar-refractivity contribution < 1.29 is 18.4 Å². The van der Waals surface area contributed by atoms with Crippen LogP contribution in [0.2, 0.25) is 0 Å². The van der Waals surface area contributed by atoms with Crippen LogP contribution in [0.4, 0.5) is 5.69 Å². The van der Waals surface area contributed by atoms with Crippen molar-refractivity contribution in [2.75, 3.05) is 19.7 Å². The summed E-state index contributed by atoms with van der Waals surface area (Å²) in [6.45, 7) is 1.78. The Morgan fingerprint density at radius 2 is 1.77 bits per heavy atom. The van der Waals surface area contributed by atoms with Gasteiger partial charge in [0.15, 0.2) is 11.2 Å². The summed E-state index contributed by atoms with van der Waals surface area (Å²) in [4.78, 5) is 14.8. The van der Waals surface area contributed by atoms with Crippen LogP contribution >= 0.6 is 12.4 Å². The van der Waals surface area contributed by atoms with Gasteiger partial charge in [0.1, 0.15) is 11.4 Å². The highest BCUT2D eigenvalue weighted by atomic mass is 35.5. The minimum Gasteiger partial charge on any atom is -0.492 e. The van der Waals surface area contributed by atoms with E-state index in [0.29, 0.717) is 59.4 Å². The van der Waals surface area contributed by atoms with Gasteiger partial charge >= 0.3 is 0 Å². The lowest BCUT2D eigenvalue weighted by molar-refractivity contribution is -0.121.